The van der Waals surface area contributed by atoms with E-state index in [4.69, 9.17) is 15.7 Å². The summed E-state index contributed by atoms with van der Waals surface area (Å²) in [6, 6.07) is 6.31. The molecule has 1 N–H and O–H groups in total. The number of Topliss-reactive ketones (excluding diaryl/α,β-unsaturated/α-hetero) is 1. The van der Waals surface area contributed by atoms with E-state index in [0.29, 0.717) is 5.56 Å². The van der Waals surface area contributed by atoms with Gasteiger partial charge in [-0.25, -0.2) is 0 Å². The summed E-state index contributed by atoms with van der Waals surface area (Å²) in [5, 5.41) is 2.22. The average molecular weight is 464 g/mol. The van der Waals surface area contributed by atoms with E-state index in [1.165, 1.54) is 30.3 Å². The zero-order chi connectivity index (χ0) is 25.7. The van der Waals surface area contributed by atoms with Crippen LogP contribution in [0.1, 0.15) is 50.4 Å². The third-order valence-corrected chi connectivity index (χ3v) is 5.52. The maximum atomic E-state index is 14.6. The van der Waals surface area contributed by atoms with Gasteiger partial charge in [0.2, 0.25) is 17.6 Å². The summed E-state index contributed by atoms with van der Waals surface area (Å²) in [6.45, 7) is -0.246. The molecule has 166 valence electrons. The second kappa shape index (κ2) is 8.43. The van der Waals surface area contributed by atoms with Crippen molar-refractivity contribution in [2.75, 3.05) is 0 Å². The third-order valence-electron chi connectivity index (χ3n) is 5.27. The van der Waals surface area contributed by atoms with Crippen molar-refractivity contribution in [3.05, 3.63) is 69.7 Å². The number of hydrogen-bond acceptors (Lipinski definition) is 4. The zero-order valence-corrected chi connectivity index (χ0v) is 17.3. The fraction of sp³-hybridized carbons (Fsp3) is 0.304. The van der Waals surface area contributed by atoms with Crippen LogP contribution in [0.15, 0.2) is 42.5 Å². The first kappa shape index (κ1) is 18.4. The molecule has 32 heavy (non-hydrogen) atoms. The van der Waals surface area contributed by atoms with Gasteiger partial charge in [0, 0.05) is 38.3 Å². The predicted molar refractivity (Wildman–Crippen MR) is 111 cm³/mol. The highest BCUT2D eigenvalue weighted by Crippen LogP contribution is 2.32. The van der Waals surface area contributed by atoms with Gasteiger partial charge in [-0.3, -0.25) is 24.5 Å². The molecule has 0 aromatic heterocycles. The minimum absolute atomic E-state index is 0.127. The molecule has 1 fully saturated rings. The lowest BCUT2D eigenvalue weighted by molar-refractivity contribution is -0.144. The number of nitrogens with one attached hydrogen (secondary N) is 1. The Kier molecular flexibility index (Phi) is 4.86. The van der Waals surface area contributed by atoms with Gasteiger partial charge in [-0.2, -0.15) is 8.78 Å². The number of aryl methyl sites for hydroxylation is 1. The monoisotopic (exact) mass is 463 g/mol. The van der Waals surface area contributed by atoms with E-state index >= 15 is 0 Å². The van der Waals surface area contributed by atoms with Crippen molar-refractivity contribution < 1.29 is 32.1 Å². The fourth-order valence-corrected chi connectivity index (χ4v) is 3.70. The largest absolute Gasteiger partial charge is 0.330 e. The number of piperidine rings is 1. The summed E-state index contributed by atoms with van der Waals surface area (Å²) in [4.78, 5) is 50.0. The number of nitrogens with zero attached hydrogens (tertiary/aromatic N) is 1. The maximum absolute atomic E-state index is 14.6. The van der Waals surface area contributed by atoms with E-state index < -0.39 is 66.6 Å². The summed E-state index contributed by atoms with van der Waals surface area (Å²) in [6.07, 6.45) is -4.09. The predicted octanol–water partition coefficient (Wildman–Crippen LogP) is 3.39. The minimum atomic E-state index is -3.82. The molecule has 2 aliphatic heterocycles. The number of alkyl halides is 2. The number of amides is 3. The molecule has 0 spiro atoms. The van der Waals surface area contributed by atoms with Gasteiger partial charge in [0.1, 0.15) is 6.02 Å². The number of hydrogen-bond donors (Lipinski definition) is 1. The Morgan fingerprint density at radius 2 is 1.97 bits per heavy atom. The number of rotatable bonds is 6. The van der Waals surface area contributed by atoms with Crippen molar-refractivity contribution in [1.82, 2.24) is 10.2 Å². The summed E-state index contributed by atoms with van der Waals surface area (Å²) in [7, 11) is 0. The van der Waals surface area contributed by atoms with E-state index in [0.717, 1.165) is 17.0 Å². The molecule has 2 aliphatic rings. The molecule has 2 heterocycles. The molecule has 3 amide bonds. The van der Waals surface area contributed by atoms with Crippen molar-refractivity contribution in [3.8, 4) is 0 Å². The summed E-state index contributed by atoms with van der Waals surface area (Å²) < 4.78 is 54.0. The molecule has 3 atom stereocenters. The van der Waals surface area contributed by atoms with Gasteiger partial charge in [0.15, 0.2) is 0 Å². The quantitative estimate of drug-likeness (QED) is 0.665. The lowest BCUT2D eigenvalue weighted by Gasteiger charge is -2.29. The summed E-state index contributed by atoms with van der Waals surface area (Å²) >= 11 is 5.71. The van der Waals surface area contributed by atoms with Gasteiger partial charge < -0.3 is 4.90 Å². The second-order valence-electron chi connectivity index (χ2n) is 7.39. The molecule has 2 aromatic rings. The molecule has 0 bridgehead atoms. The fourth-order valence-electron chi connectivity index (χ4n) is 3.58. The highest BCUT2D eigenvalue weighted by atomic mass is 35.5. The Balaban J connectivity index is 1.53. The Labute approximate surface area is 191 Å². The molecule has 0 radical (unpaired) electrons. The number of fused-ring (bicyclic) bond motifs is 1. The van der Waals surface area contributed by atoms with Gasteiger partial charge in [-0.15, -0.1) is 0 Å². The van der Waals surface area contributed by atoms with Crippen LogP contribution in [0.25, 0.3) is 0 Å². The van der Waals surface area contributed by atoms with E-state index in [9.17, 15) is 28.0 Å². The van der Waals surface area contributed by atoms with Gasteiger partial charge in [-0.05, 0) is 42.1 Å². The van der Waals surface area contributed by atoms with Crippen LogP contribution in [-0.2, 0) is 33.2 Å². The molecular formula is C23H19ClF2N2O4. The van der Waals surface area contributed by atoms with E-state index in [1.54, 1.807) is 0 Å². The normalized spacial score (nSPS) is 25.5. The van der Waals surface area contributed by atoms with Gasteiger partial charge in [-0.1, -0.05) is 35.9 Å². The summed E-state index contributed by atoms with van der Waals surface area (Å²) in [5.74, 6) is -7.76. The number of benzene rings is 2. The zero-order valence-electron chi connectivity index (χ0n) is 19.5. The van der Waals surface area contributed by atoms with E-state index in [2.05, 4.69) is 0 Å². The van der Waals surface area contributed by atoms with Crippen molar-refractivity contribution in [1.29, 1.82) is 0 Å². The number of carbonyl (C=O) groups excluding carboxylic acids is 4. The standard InChI is InChI=1S/C23H19ClF2N2O4/c24-16-5-3-15(4-6-16)23(25,26)19(29)9-2-13-1-7-17-14(11-13)12-28(22(17)32)18-8-10-20(30)27-21(18)31/h1,3-7,11,18H,2,8-10,12H2,(H,27,30,31)/i2D,8D,18D. The Morgan fingerprint density at radius 3 is 2.66 bits per heavy atom. The molecule has 6 nitrogen and oxygen atoms in total. The van der Waals surface area contributed by atoms with E-state index in [-0.39, 0.29) is 22.7 Å². The first-order chi connectivity index (χ1) is 16.4. The van der Waals surface area contributed by atoms with Gasteiger partial charge in [0.05, 0.1) is 1.37 Å². The number of ketones is 1. The molecule has 9 heteroatoms. The van der Waals surface area contributed by atoms with Gasteiger partial charge >= 0.3 is 5.92 Å². The number of imide groups is 1. The van der Waals surface area contributed by atoms with Crippen LogP contribution in [0, 0.1) is 0 Å². The molecule has 0 aliphatic carbocycles. The van der Waals surface area contributed by atoms with Crippen molar-refractivity contribution in [3.63, 3.8) is 0 Å². The van der Waals surface area contributed by atoms with Crippen molar-refractivity contribution in [2.45, 2.75) is 44.1 Å². The molecule has 3 unspecified atom stereocenters. The molecule has 1 saturated heterocycles. The maximum Gasteiger partial charge on any atom is 0.330 e. The van der Waals surface area contributed by atoms with Crippen molar-refractivity contribution in [2.24, 2.45) is 0 Å². The third kappa shape index (κ3) is 4.14. The molecule has 2 aromatic carbocycles. The van der Waals surface area contributed by atoms with Crippen LogP contribution in [0.5, 0.6) is 0 Å². The highest BCUT2D eigenvalue weighted by molar-refractivity contribution is 6.30. The number of halogens is 3. The van der Waals surface area contributed by atoms with Gasteiger partial charge in [0.25, 0.3) is 5.91 Å². The van der Waals surface area contributed by atoms with Crippen LogP contribution in [0.2, 0.25) is 5.02 Å². The van der Waals surface area contributed by atoms with E-state index in [1.807, 2.05) is 5.32 Å². The molecular weight excluding hydrogens is 442 g/mol. The van der Waals surface area contributed by atoms with Crippen LogP contribution in [0.4, 0.5) is 8.78 Å². The van der Waals surface area contributed by atoms with Crippen LogP contribution in [0.3, 0.4) is 0 Å². The lowest BCUT2D eigenvalue weighted by atomic mass is 9.97. The SMILES string of the molecule is [2H]C(CC(=O)C(F)(F)c1ccc(Cl)cc1)c1ccc2c(c1)CN(C1([2H])C(=O)NC(=O)CC1[2H])C2=O. The minimum Gasteiger partial charge on any atom is -0.322 e. The average Bonchev–Trinajstić information content (AvgIpc) is 3.13. The van der Waals surface area contributed by atoms with Crippen LogP contribution in [-0.4, -0.2) is 34.4 Å². The molecule has 0 saturated carbocycles. The van der Waals surface area contributed by atoms with Crippen molar-refractivity contribution >= 4 is 35.1 Å². The first-order valence-corrected chi connectivity index (χ1v) is 10.0. The topological polar surface area (TPSA) is 83.6 Å². The lowest BCUT2D eigenvalue weighted by Crippen LogP contribution is -2.52. The van der Waals surface area contributed by atoms with Crippen LogP contribution >= 0.6 is 11.6 Å². The Morgan fingerprint density at radius 1 is 1.25 bits per heavy atom. The highest BCUT2D eigenvalue weighted by Gasteiger charge is 2.41. The second-order valence-corrected chi connectivity index (χ2v) is 7.83. The molecule has 4 rings (SSSR count). The Hall–Kier alpha value is -3.13. The summed E-state index contributed by atoms with van der Waals surface area (Å²) in [5.41, 5.74) is 0.111. The smallest absolute Gasteiger partial charge is 0.322 e. The Bertz CT molecular complexity index is 1240. The van der Waals surface area contributed by atoms with Crippen LogP contribution < -0.4 is 5.32 Å². The number of carbonyl (C=O) groups is 4. The first-order valence-electron chi connectivity index (χ1n) is 11.3.